The summed E-state index contributed by atoms with van der Waals surface area (Å²) in [6.07, 6.45) is -0.257. The van der Waals surface area contributed by atoms with Gasteiger partial charge in [0.15, 0.2) is 24.0 Å². The first-order valence-corrected chi connectivity index (χ1v) is 12.1. The number of pyridine rings is 1. The largest absolute Gasteiger partial charge is 0.494 e. The lowest BCUT2D eigenvalue weighted by molar-refractivity contribution is -0.138. The smallest absolute Gasteiger partial charge is 0.430 e. The first-order chi connectivity index (χ1) is 18.8. The number of carbonyl (C=O) groups is 3. The molecule has 0 bridgehead atoms. The normalized spacial score (nSPS) is 11.8. The summed E-state index contributed by atoms with van der Waals surface area (Å²) in [6, 6.07) is 17.0. The van der Waals surface area contributed by atoms with Crippen LogP contribution in [0.4, 0.5) is 4.79 Å². The standard InChI is InChI=1S/C28H26N4O7/c1-4-14-37-22-11-12-24-19(15-22)6-13-25(31-24)39-21-9-7-20(8-10-21)38-18(3)26(33)23(16-29)27(34)32(17-30)28(35)36-5-2/h6-13,15,18,23H,4-5,14H2,1-3H3. The van der Waals surface area contributed by atoms with Crippen molar-refractivity contribution < 1.29 is 33.3 Å². The monoisotopic (exact) mass is 530 g/mol. The van der Waals surface area contributed by atoms with E-state index < -0.39 is 29.8 Å². The fraction of sp³-hybridized carbons (Fsp3) is 0.286. The predicted molar refractivity (Wildman–Crippen MR) is 138 cm³/mol. The van der Waals surface area contributed by atoms with Crippen LogP contribution in [0.1, 0.15) is 27.2 Å². The second kappa shape index (κ2) is 13.4. The van der Waals surface area contributed by atoms with Gasteiger partial charge in [-0.05, 0) is 68.8 Å². The number of Topliss-reactive ketones (excluding diaryl/α,β-unsaturated/α-hetero) is 1. The molecule has 2 aromatic carbocycles. The highest BCUT2D eigenvalue weighted by Gasteiger charge is 2.38. The van der Waals surface area contributed by atoms with Gasteiger partial charge < -0.3 is 18.9 Å². The number of benzene rings is 2. The van der Waals surface area contributed by atoms with E-state index in [4.69, 9.17) is 19.5 Å². The molecule has 0 saturated carbocycles. The SMILES string of the molecule is CCCOc1ccc2nc(Oc3ccc(OC(C)C(=O)C(C#N)C(=O)N(C#N)C(=O)OCC)cc3)ccc2c1. The number of ketones is 1. The maximum atomic E-state index is 12.7. The lowest BCUT2D eigenvalue weighted by Crippen LogP contribution is -2.43. The summed E-state index contributed by atoms with van der Waals surface area (Å²) in [7, 11) is 0. The van der Waals surface area contributed by atoms with Crippen LogP contribution in [0, 0.1) is 28.7 Å². The number of carbonyl (C=O) groups excluding carboxylic acids is 3. The highest BCUT2D eigenvalue weighted by Crippen LogP contribution is 2.27. The van der Waals surface area contributed by atoms with E-state index >= 15 is 0 Å². The molecule has 0 aliphatic heterocycles. The van der Waals surface area contributed by atoms with Crippen molar-refractivity contribution in [3.63, 3.8) is 0 Å². The van der Waals surface area contributed by atoms with Crippen LogP contribution in [0.25, 0.3) is 10.9 Å². The molecule has 2 amide bonds. The Morgan fingerprint density at radius 1 is 0.974 bits per heavy atom. The number of rotatable bonds is 11. The number of imide groups is 1. The maximum absolute atomic E-state index is 12.7. The fourth-order valence-electron chi connectivity index (χ4n) is 3.39. The van der Waals surface area contributed by atoms with E-state index in [-0.39, 0.29) is 17.3 Å². The summed E-state index contributed by atoms with van der Waals surface area (Å²) in [5.41, 5.74) is 0.739. The Labute approximate surface area is 225 Å². The van der Waals surface area contributed by atoms with Crippen LogP contribution in [0.2, 0.25) is 0 Å². The Kier molecular flexibility index (Phi) is 9.76. The molecular weight excluding hydrogens is 504 g/mol. The summed E-state index contributed by atoms with van der Waals surface area (Å²) in [5.74, 6) is -2.29. The number of hydrogen-bond donors (Lipinski definition) is 0. The minimum absolute atomic E-state index is 0.0358. The summed E-state index contributed by atoms with van der Waals surface area (Å²) < 4.78 is 21.7. The molecular formula is C28H26N4O7. The van der Waals surface area contributed by atoms with Crippen LogP contribution >= 0.6 is 0 Å². The molecule has 0 spiro atoms. The number of nitrogens with zero attached hydrogens (tertiary/aromatic N) is 4. The quantitative estimate of drug-likeness (QED) is 0.193. The molecule has 200 valence electrons. The van der Waals surface area contributed by atoms with E-state index in [2.05, 4.69) is 9.72 Å². The van der Waals surface area contributed by atoms with Crippen molar-refractivity contribution in [3.8, 4) is 35.4 Å². The van der Waals surface area contributed by atoms with Crippen LogP contribution in [0.15, 0.2) is 54.6 Å². The van der Waals surface area contributed by atoms with Gasteiger partial charge in [-0.25, -0.2) is 9.78 Å². The van der Waals surface area contributed by atoms with E-state index in [0.29, 0.717) is 18.2 Å². The number of aromatic nitrogens is 1. The second-order valence-electron chi connectivity index (χ2n) is 8.12. The van der Waals surface area contributed by atoms with Gasteiger partial charge in [0.1, 0.15) is 17.2 Å². The molecule has 11 nitrogen and oxygen atoms in total. The molecule has 0 aliphatic carbocycles. The zero-order valence-corrected chi connectivity index (χ0v) is 21.6. The van der Waals surface area contributed by atoms with Gasteiger partial charge in [-0.1, -0.05) is 6.92 Å². The van der Waals surface area contributed by atoms with Crippen molar-refractivity contribution in [1.29, 1.82) is 10.5 Å². The van der Waals surface area contributed by atoms with E-state index in [1.807, 2.05) is 31.2 Å². The van der Waals surface area contributed by atoms with Crippen LogP contribution in [0.5, 0.6) is 23.1 Å². The van der Waals surface area contributed by atoms with E-state index in [0.717, 1.165) is 23.1 Å². The van der Waals surface area contributed by atoms with Gasteiger partial charge in [-0.15, -0.1) is 4.90 Å². The number of ether oxygens (including phenoxy) is 4. The van der Waals surface area contributed by atoms with Crippen molar-refractivity contribution in [2.75, 3.05) is 13.2 Å². The van der Waals surface area contributed by atoms with E-state index in [1.165, 1.54) is 26.1 Å². The van der Waals surface area contributed by atoms with Crippen LogP contribution in [0.3, 0.4) is 0 Å². The number of nitriles is 2. The molecule has 1 aromatic heterocycles. The Hall–Kier alpha value is -5.16. The number of hydrogen-bond acceptors (Lipinski definition) is 10. The molecule has 0 radical (unpaired) electrons. The minimum Gasteiger partial charge on any atom is -0.494 e. The van der Waals surface area contributed by atoms with Gasteiger partial charge in [-0.3, -0.25) is 9.59 Å². The molecule has 0 N–H and O–H groups in total. The third-order valence-electron chi connectivity index (χ3n) is 5.30. The fourth-order valence-corrected chi connectivity index (χ4v) is 3.39. The maximum Gasteiger partial charge on any atom is 0.430 e. The Balaban J connectivity index is 1.64. The summed E-state index contributed by atoms with van der Waals surface area (Å²) >= 11 is 0. The Morgan fingerprint density at radius 2 is 1.67 bits per heavy atom. The first kappa shape index (κ1) is 28.4. The average Bonchev–Trinajstić information content (AvgIpc) is 2.93. The first-order valence-electron chi connectivity index (χ1n) is 12.1. The number of amides is 2. The van der Waals surface area contributed by atoms with E-state index in [9.17, 15) is 19.6 Å². The molecule has 2 atom stereocenters. The lowest BCUT2D eigenvalue weighted by Gasteiger charge is -2.18. The van der Waals surface area contributed by atoms with Gasteiger partial charge in [0.05, 0.1) is 24.8 Å². The Morgan fingerprint density at radius 3 is 2.31 bits per heavy atom. The third kappa shape index (κ3) is 7.21. The molecule has 3 rings (SSSR count). The zero-order valence-electron chi connectivity index (χ0n) is 21.6. The summed E-state index contributed by atoms with van der Waals surface area (Å²) in [5, 5.41) is 19.4. The summed E-state index contributed by atoms with van der Waals surface area (Å²) in [4.78, 5) is 41.5. The van der Waals surface area contributed by atoms with Crippen LogP contribution in [-0.2, 0) is 14.3 Å². The van der Waals surface area contributed by atoms with Gasteiger partial charge in [0.25, 0.3) is 5.91 Å². The third-order valence-corrected chi connectivity index (χ3v) is 5.30. The van der Waals surface area contributed by atoms with Crippen molar-refractivity contribution in [1.82, 2.24) is 9.88 Å². The topological polar surface area (TPSA) is 152 Å². The molecule has 0 saturated heterocycles. The van der Waals surface area contributed by atoms with Gasteiger partial charge >= 0.3 is 6.09 Å². The van der Waals surface area contributed by atoms with Crippen molar-refractivity contribution in [2.24, 2.45) is 5.92 Å². The van der Waals surface area contributed by atoms with Crippen LogP contribution in [-0.4, -0.2) is 47.0 Å². The average molecular weight is 531 g/mol. The van der Waals surface area contributed by atoms with Gasteiger partial charge in [-0.2, -0.15) is 10.5 Å². The predicted octanol–water partition coefficient (Wildman–Crippen LogP) is 4.76. The van der Waals surface area contributed by atoms with Crippen molar-refractivity contribution in [3.05, 3.63) is 54.6 Å². The molecule has 2 unspecified atom stereocenters. The van der Waals surface area contributed by atoms with Crippen molar-refractivity contribution in [2.45, 2.75) is 33.3 Å². The van der Waals surface area contributed by atoms with Crippen molar-refractivity contribution >= 4 is 28.7 Å². The minimum atomic E-state index is -1.93. The molecule has 11 heteroatoms. The molecule has 1 heterocycles. The second-order valence-corrected chi connectivity index (χ2v) is 8.12. The summed E-state index contributed by atoms with van der Waals surface area (Å²) in [6.45, 7) is 5.41. The highest BCUT2D eigenvalue weighted by molar-refractivity contribution is 6.10. The Bertz CT molecular complexity index is 1430. The molecule has 3 aromatic rings. The highest BCUT2D eigenvalue weighted by atomic mass is 16.6. The molecule has 0 aliphatic rings. The van der Waals surface area contributed by atoms with Crippen LogP contribution < -0.4 is 14.2 Å². The lowest BCUT2D eigenvalue weighted by atomic mass is 10.0. The van der Waals surface area contributed by atoms with Gasteiger partial charge in [0.2, 0.25) is 5.88 Å². The number of fused-ring (bicyclic) bond motifs is 1. The molecule has 0 fully saturated rings. The zero-order chi connectivity index (χ0) is 28.4. The van der Waals surface area contributed by atoms with Gasteiger partial charge in [0, 0.05) is 11.5 Å². The molecule has 39 heavy (non-hydrogen) atoms. The van der Waals surface area contributed by atoms with E-state index in [1.54, 1.807) is 30.3 Å².